The lowest BCUT2D eigenvalue weighted by molar-refractivity contribution is -0.120. The molecule has 6 heteroatoms. The highest BCUT2D eigenvalue weighted by Gasteiger charge is 2.24. The van der Waals surface area contributed by atoms with Crippen LogP contribution in [0, 0.1) is 0 Å². The number of hydrogen-bond acceptors (Lipinski definition) is 3. The van der Waals surface area contributed by atoms with Crippen LogP contribution in [0.3, 0.4) is 0 Å². The number of nitrogens with one attached hydrogen (secondary N) is 2. The number of rotatable bonds is 8. The monoisotopic (exact) mass is 492 g/mol. The Balaban J connectivity index is 1.66. The number of fused-ring (bicyclic) bond motifs is 1. The molecule has 5 nitrogen and oxygen atoms in total. The molecule has 0 aliphatic rings. The predicted octanol–water partition coefficient (Wildman–Crippen LogP) is 5.44. The summed E-state index contributed by atoms with van der Waals surface area (Å²) in [6.07, 6.45) is 2.33. The average Bonchev–Trinajstić information content (AvgIpc) is 3.24. The quantitative estimate of drug-likeness (QED) is 0.344. The van der Waals surface area contributed by atoms with Gasteiger partial charge in [-0.15, -0.1) is 0 Å². The van der Waals surface area contributed by atoms with Gasteiger partial charge in [-0.25, -0.2) is 0 Å². The zero-order chi connectivity index (χ0) is 22.5. The van der Waals surface area contributed by atoms with Crippen molar-refractivity contribution in [3.05, 3.63) is 94.1 Å². The SMILES string of the molecule is COc1cccc(C(CNC(=O)Cc2ccc(Br)cc2)c2c[nH]c3ccccc23)c1OC. The minimum Gasteiger partial charge on any atom is -0.493 e. The molecule has 1 heterocycles. The van der Waals surface area contributed by atoms with E-state index in [0.717, 1.165) is 32.1 Å². The summed E-state index contributed by atoms with van der Waals surface area (Å²) in [7, 11) is 3.27. The number of carbonyl (C=O) groups is 1. The van der Waals surface area contributed by atoms with Crippen molar-refractivity contribution in [2.24, 2.45) is 0 Å². The van der Waals surface area contributed by atoms with Crippen molar-refractivity contribution in [1.82, 2.24) is 10.3 Å². The lowest BCUT2D eigenvalue weighted by Crippen LogP contribution is -2.30. The number of halogens is 1. The summed E-state index contributed by atoms with van der Waals surface area (Å²) in [6.45, 7) is 0.431. The van der Waals surface area contributed by atoms with Gasteiger partial charge in [-0.1, -0.05) is 58.4 Å². The van der Waals surface area contributed by atoms with Crippen LogP contribution in [-0.4, -0.2) is 31.7 Å². The van der Waals surface area contributed by atoms with Crippen molar-refractivity contribution in [2.45, 2.75) is 12.3 Å². The number of benzene rings is 3. The van der Waals surface area contributed by atoms with Crippen molar-refractivity contribution < 1.29 is 14.3 Å². The number of para-hydroxylation sites is 2. The Kier molecular flexibility index (Phi) is 6.81. The molecule has 0 bridgehead atoms. The van der Waals surface area contributed by atoms with E-state index < -0.39 is 0 Å². The molecule has 32 heavy (non-hydrogen) atoms. The topological polar surface area (TPSA) is 63.3 Å². The van der Waals surface area contributed by atoms with E-state index in [2.05, 4.69) is 32.3 Å². The van der Waals surface area contributed by atoms with Crippen molar-refractivity contribution in [3.8, 4) is 11.5 Å². The first kappa shape index (κ1) is 22.0. The molecule has 4 rings (SSSR count). The standard InChI is InChI=1S/C26H25BrN2O3/c1-31-24-9-5-7-20(26(24)32-2)22(21-15-28-23-8-4-3-6-19(21)23)16-29-25(30)14-17-10-12-18(27)13-11-17/h3-13,15,22,28H,14,16H2,1-2H3,(H,29,30). The molecule has 0 fully saturated rings. The fraction of sp³-hybridized carbons (Fsp3) is 0.192. The Morgan fingerprint density at radius 2 is 1.75 bits per heavy atom. The Bertz CT molecular complexity index is 1220. The maximum Gasteiger partial charge on any atom is 0.224 e. The second-order valence-corrected chi connectivity index (χ2v) is 8.45. The molecule has 2 N–H and O–H groups in total. The molecule has 0 aliphatic heterocycles. The van der Waals surface area contributed by atoms with Crippen molar-refractivity contribution in [1.29, 1.82) is 0 Å². The summed E-state index contributed by atoms with van der Waals surface area (Å²) >= 11 is 3.43. The van der Waals surface area contributed by atoms with E-state index in [1.54, 1.807) is 14.2 Å². The minimum atomic E-state index is -0.120. The number of amides is 1. The van der Waals surface area contributed by atoms with Crippen LogP contribution in [0.15, 0.2) is 77.4 Å². The molecule has 0 spiro atoms. The average molecular weight is 493 g/mol. The van der Waals surface area contributed by atoms with E-state index in [0.29, 0.717) is 24.5 Å². The van der Waals surface area contributed by atoms with E-state index in [-0.39, 0.29) is 11.8 Å². The summed E-state index contributed by atoms with van der Waals surface area (Å²) in [4.78, 5) is 16.1. The summed E-state index contributed by atoms with van der Waals surface area (Å²) in [5, 5.41) is 4.24. The van der Waals surface area contributed by atoms with E-state index >= 15 is 0 Å². The molecule has 1 unspecified atom stereocenters. The second-order valence-electron chi connectivity index (χ2n) is 7.53. The van der Waals surface area contributed by atoms with Crippen molar-refractivity contribution in [2.75, 3.05) is 20.8 Å². The van der Waals surface area contributed by atoms with Gasteiger partial charge in [0.25, 0.3) is 0 Å². The number of hydrogen-bond donors (Lipinski definition) is 2. The molecule has 164 valence electrons. The maximum absolute atomic E-state index is 12.8. The van der Waals surface area contributed by atoms with E-state index in [4.69, 9.17) is 9.47 Å². The summed E-state index contributed by atoms with van der Waals surface area (Å²) in [5.41, 5.74) is 4.07. The van der Waals surface area contributed by atoms with Gasteiger partial charge in [-0.3, -0.25) is 4.79 Å². The molecule has 1 atom stereocenters. The highest BCUT2D eigenvalue weighted by molar-refractivity contribution is 9.10. The smallest absolute Gasteiger partial charge is 0.224 e. The first-order valence-corrected chi connectivity index (χ1v) is 11.2. The molecule has 4 aromatic rings. The van der Waals surface area contributed by atoms with E-state index in [9.17, 15) is 4.79 Å². The Labute approximate surface area is 195 Å². The van der Waals surface area contributed by atoms with Crippen LogP contribution in [0.5, 0.6) is 11.5 Å². The van der Waals surface area contributed by atoms with Crippen LogP contribution in [-0.2, 0) is 11.2 Å². The number of aromatic nitrogens is 1. The normalized spacial score (nSPS) is 11.8. The second kappa shape index (κ2) is 9.92. The first-order valence-electron chi connectivity index (χ1n) is 10.4. The largest absolute Gasteiger partial charge is 0.493 e. The van der Waals surface area contributed by atoms with Gasteiger partial charge in [0.15, 0.2) is 11.5 Å². The predicted molar refractivity (Wildman–Crippen MR) is 131 cm³/mol. The van der Waals surface area contributed by atoms with E-state index in [1.807, 2.05) is 66.9 Å². The molecule has 1 aromatic heterocycles. The van der Waals surface area contributed by atoms with Crippen LogP contribution < -0.4 is 14.8 Å². The number of carbonyl (C=O) groups excluding carboxylic acids is 1. The van der Waals surface area contributed by atoms with Crippen LogP contribution in [0.2, 0.25) is 0 Å². The lowest BCUT2D eigenvalue weighted by atomic mass is 9.89. The lowest BCUT2D eigenvalue weighted by Gasteiger charge is -2.22. The zero-order valence-corrected chi connectivity index (χ0v) is 19.6. The molecule has 3 aromatic carbocycles. The van der Waals surface area contributed by atoms with Gasteiger partial charge in [-0.05, 0) is 35.4 Å². The fourth-order valence-electron chi connectivity index (χ4n) is 4.02. The minimum absolute atomic E-state index is 0.0287. The van der Waals surface area contributed by atoms with Gasteiger partial charge in [0.05, 0.1) is 20.6 Å². The Hall–Kier alpha value is -3.25. The molecule has 0 saturated heterocycles. The summed E-state index contributed by atoms with van der Waals surface area (Å²) in [6, 6.07) is 21.8. The molecule has 0 aliphatic carbocycles. The van der Waals surface area contributed by atoms with Gasteiger partial charge in [-0.2, -0.15) is 0 Å². The molecule has 0 saturated carbocycles. The van der Waals surface area contributed by atoms with Gasteiger partial charge in [0.2, 0.25) is 5.91 Å². The highest BCUT2D eigenvalue weighted by Crippen LogP contribution is 2.40. The summed E-state index contributed by atoms with van der Waals surface area (Å²) < 4.78 is 12.2. The third-order valence-electron chi connectivity index (χ3n) is 5.59. The van der Waals surface area contributed by atoms with Gasteiger partial charge >= 0.3 is 0 Å². The Morgan fingerprint density at radius 3 is 2.50 bits per heavy atom. The maximum atomic E-state index is 12.8. The summed E-state index contributed by atoms with van der Waals surface area (Å²) in [5.74, 6) is 1.19. The van der Waals surface area contributed by atoms with Crippen molar-refractivity contribution in [3.63, 3.8) is 0 Å². The first-order chi connectivity index (χ1) is 15.6. The molecule has 1 amide bonds. The number of ether oxygens (including phenoxy) is 2. The number of aromatic amines is 1. The third kappa shape index (κ3) is 4.65. The van der Waals surface area contributed by atoms with Crippen LogP contribution in [0.1, 0.15) is 22.6 Å². The van der Waals surface area contributed by atoms with Crippen LogP contribution >= 0.6 is 15.9 Å². The van der Waals surface area contributed by atoms with Crippen LogP contribution in [0.4, 0.5) is 0 Å². The fourth-order valence-corrected chi connectivity index (χ4v) is 4.29. The molecule has 0 radical (unpaired) electrons. The highest BCUT2D eigenvalue weighted by atomic mass is 79.9. The van der Waals surface area contributed by atoms with Crippen LogP contribution in [0.25, 0.3) is 10.9 Å². The van der Waals surface area contributed by atoms with E-state index in [1.165, 1.54) is 0 Å². The van der Waals surface area contributed by atoms with Crippen molar-refractivity contribution >= 4 is 32.7 Å². The van der Waals surface area contributed by atoms with Gasteiger partial charge < -0.3 is 19.8 Å². The van der Waals surface area contributed by atoms with Gasteiger partial charge in [0, 0.05) is 39.6 Å². The number of methoxy groups -OCH3 is 2. The third-order valence-corrected chi connectivity index (χ3v) is 6.12. The zero-order valence-electron chi connectivity index (χ0n) is 18.0. The number of H-pyrrole nitrogens is 1. The van der Waals surface area contributed by atoms with Gasteiger partial charge in [0.1, 0.15) is 0 Å². The Morgan fingerprint density at radius 1 is 0.969 bits per heavy atom. The molecular weight excluding hydrogens is 468 g/mol. The molecular formula is C26H25BrN2O3.